The van der Waals surface area contributed by atoms with E-state index in [-0.39, 0.29) is 23.6 Å². The van der Waals surface area contributed by atoms with Gasteiger partial charge < -0.3 is 5.32 Å². The minimum absolute atomic E-state index is 0.0154. The first kappa shape index (κ1) is 20.9. The molecule has 4 N–H and O–H groups in total. The fraction of sp³-hybridized carbons (Fsp3) is 0.333. The van der Waals surface area contributed by atoms with E-state index in [2.05, 4.69) is 26.5 Å². The van der Waals surface area contributed by atoms with E-state index < -0.39 is 11.7 Å². The topological polar surface area (TPSA) is 77.5 Å². The highest BCUT2D eigenvalue weighted by molar-refractivity contribution is 6.05. The predicted octanol–water partition coefficient (Wildman–Crippen LogP) is 2.86. The molecular formula is C21H25F2N5O. The number of guanidine groups is 1. The first-order valence-corrected chi connectivity index (χ1v) is 9.55. The van der Waals surface area contributed by atoms with Crippen LogP contribution in [0.1, 0.15) is 42.2 Å². The van der Waals surface area contributed by atoms with Gasteiger partial charge in [0, 0.05) is 24.6 Å². The van der Waals surface area contributed by atoms with E-state index in [0.717, 1.165) is 5.56 Å². The quantitative estimate of drug-likeness (QED) is 0.459. The summed E-state index contributed by atoms with van der Waals surface area (Å²) in [6.45, 7) is 4.57. The van der Waals surface area contributed by atoms with Gasteiger partial charge in [0.2, 0.25) is 0 Å². The summed E-state index contributed by atoms with van der Waals surface area (Å²) in [5, 5.41) is 5.90. The van der Waals surface area contributed by atoms with Gasteiger partial charge in [-0.05, 0) is 41.8 Å². The van der Waals surface area contributed by atoms with Crippen LogP contribution in [0.3, 0.4) is 0 Å². The van der Waals surface area contributed by atoms with Crippen molar-refractivity contribution in [3.63, 3.8) is 0 Å². The van der Waals surface area contributed by atoms with Crippen molar-refractivity contribution < 1.29 is 13.6 Å². The number of hydrogen-bond donors (Lipinski definition) is 4. The van der Waals surface area contributed by atoms with E-state index in [1.165, 1.54) is 30.3 Å². The third-order valence-electron chi connectivity index (χ3n) is 4.42. The Labute approximate surface area is 168 Å². The molecule has 6 nitrogen and oxygen atoms in total. The maximum absolute atomic E-state index is 13.4. The van der Waals surface area contributed by atoms with Gasteiger partial charge in [0.05, 0.1) is 6.17 Å². The summed E-state index contributed by atoms with van der Waals surface area (Å²) >= 11 is 0. The van der Waals surface area contributed by atoms with Crippen LogP contribution in [0.5, 0.6) is 0 Å². The molecule has 0 aromatic heterocycles. The van der Waals surface area contributed by atoms with Crippen LogP contribution < -0.4 is 21.5 Å². The molecule has 2 aromatic carbocycles. The Bertz CT molecular complexity index is 870. The number of amides is 1. The highest BCUT2D eigenvalue weighted by atomic mass is 19.1. The lowest BCUT2D eigenvalue weighted by Crippen LogP contribution is -2.50. The Kier molecular flexibility index (Phi) is 6.90. The number of aliphatic imine (C=N–C) groups is 1. The zero-order valence-electron chi connectivity index (χ0n) is 16.4. The molecule has 0 spiro atoms. The summed E-state index contributed by atoms with van der Waals surface area (Å²) in [5.41, 5.74) is 7.43. The van der Waals surface area contributed by atoms with Crippen molar-refractivity contribution in [3.8, 4) is 0 Å². The van der Waals surface area contributed by atoms with Crippen molar-refractivity contribution in [3.05, 3.63) is 71.3 Å². The molecule has 1 amide bonds. The van der Waals surface area contributed by atoms with Crippen molar-refractivity contribution in [1.82, 2.24) is 21.5 Å². The molecule has 1 heterocycles. The number of carbonyl (C=O) groups excluding carboxylic acids is 1. The number of carbonyl (C=O) groups is 1. The van der Waals surface area contributed by atoms with E-state index in [9.17, 15) is 13.6 Å². The molecule has 1 aliphatic rings. The molecule has 8 heteroatoms. The first-order chi connectivity index (χ1) is 13.9. The van der Waals surface area contributed by atoms with E-state index in [1.807, 2.05) is 13.8 Å². The summed E-state index contributed by atoms with van der Waals surface area (Å²) in [5.74, 6) is -0.584. The number of hydrazine groups is 1. The highest BCUT2D eigenvalue weighted by Gasteiger charge is 2.26. The Morgan fingerprint density at radius 2 is 1.90 bits per heavy atom. The third kappa shape index (κ3) is 6.07. The standard InChI is InChI=1S/C21H25F2N5O/c1-13(2)12-24-21(26-20(29)15-4-3-5-17(23)10-15)25-19-11-18(27-28-19)14-6-8-16(22)9-7-14/h3-10,13,18-19,27-28H,11-12H2,1-2H3,(H2,24,25,26,29). The maximum Gasteiger partial charge on any atom is 0.258 e. The second-order valence-electron chi connectivity index (χ2n) is 7.37. The summed E-state index contributed by atoms with van der Waals surface area (Å²) in [6.07, 6.45) is 0.450. The number of benzene rings is 2. The molecule has 1 fully saturated rings. The molecule has 3 rings (SSSR count). The van der Waals surface area contributed by atoms with Gasteiger partial charge in [-0.15, -0.1) is 0 Å². The van der Waals surface area contributed by atoms with E-state index in [4.69, 9.17) is 0 Å². The van der Waals surface area contributed by atoms with Crippen LogP contribution in [0.4, 0.5) is 8.78 Å². The largest absolute Gasteiger partial charge is 0.339 e. The number of nitrogens with one attached hydrogen (secondary N) is 4. The number of hydrogen-bond acceptors (Lipinski definition) is 4. The number of nitrogens with zero attached hydrogens (tertiary/aromatic N) is 1. The molecular weight excluding hydrogens is 376 g/mol. The zero-order valence-corrected chi connectivity index (χ0v) is 16.4. The van der Waals surface area contributed by atoms with Gasteiger partial charge in [0.25, 0.3) is 5.91 Å². The van der Waals surface area contributed by atoms with Gasteiger partial charge in [-0.1, -0.05) is 32.0 Å². The van der Waals surface area contributed by atoms with Crippen molar-refractivity contribution in [2.75, 3.05) is 6.54 Å². The summed E-state index contributed by atoms with van der Waals surface area (Å²) in [7, 11) is 0. The Morgan fingerprint density at radius 1 is 1.14 bits per heavy atom. The maximum atomic E-state index is 13.4. The van der Waals surface area contributed by atoms with Crippen molar-refractivity contribution in [2.45, 2.75) is 32.5 Å². The molecule has 2 unspecified atom stereocenters. The van der Waals surface area contributed by atoms with Crippen LogP contribution in [0.2, 0.25) is 0 Å². The third-order valence-corrected chi connectivity index (χ3v) is 4.42. The summed E-state index contributed by atoms with van der Waals surface area (Å²) in [6, 6.07) is 11.8. The van der Waals surface area contributed by atoms with Gasteiger partial charge in [-0.3, -0.25) is 15.1 Å². The van der Waals surface area contributed by atoms with Gasteiger partial charge in [0.1, 0.15) is 11.6 Å². The lowest BCUT2D eigenvalue weighted by Gasteiger charge is -2.17. The van der Waals surface area contributed by atoms with Crippen LogP contribution in [0.25, 0.3) is 0 Å². The lowest BCUT2D eigenvalue weighted by molar-refractivity contribution is 0.0975. The molecule has 154 valence electrons. The molecule has 2 atom stereocenters. The zero-order chi connectivity index (χ0) is 20.8. The molecule has 0 radical (unpaired) electrons. The number of halogens is 2. The number of rotatable bonds is 5. The fourth-order valence-electron chi connectivity index (χ4n) is 2.93. The molecule has 1 saturated heterocycles. The van der Waals surface area contributed by atoms with Crippen LogP contribution in [0, 0.1) is 17.6 Å². The average molecular weight is 401 g/mol. The second kappa shape index (κ2) is 9.58. The molecule has 29 heavy (non-hydrogen) atoms. The summed E-state index contributed by atoms with van der Waals surface area (Å²) < 4.78 is 26.5. The van der Waals surface area contributed by atoms with Crippen LogP contribution in [-0.2, 0) is 0 Å². The Balaban J connectivity index is 1.65. The van der Waals surface area contributed by atoms with E-state index >= 15 is 0 Å². The van der Waals surface area contributed by atoms with Crippen molar-refractivity contribution in [1.29, 1.82) is 0 Å². The molecule has 0 aliphatic carbocycles. The SMILES string of the molecule is CC(C)CN=C(NC(=O)c1cccc(F)c1)NC1CC(c2ccc(F)cc2)NN1. The molecule has 0 saturated carbocycles. The van der Waals surface area contributed by atoms with Gasteiger partial charge in [-0.25, -0.2) is 19.6 Å². The second-order valence-corrected chi connectivity index (χ2v) is 7.37. The Morgan fingerprint density at radius 3 is 2.59 bits per heavy atom. The van der Waals surface area contributed by atoms with E-state index in [0.29, 0.717) is 24.8 Å². The van der Waals surface area contributed by atoms with Crippen LogP contribution in [-0.4, -0.2) is 24.6 Å². The molecule has 2 aromatic rings. The minimum atomic E-state index is -0.477. The molecule has 0 bridgehead atoms. The summed E-state index contributed by atoms with van der Waals surface area (Å²) in [4.78, 5) is 16.9. The normalized spacial score (nSPS) is 19.4. The lowest BCUT2D eigenvalue weighted by atomic mass is 10.0. The van der Waals surface area contributed by atoms with Crippen LogP contribution >= 0.6 is 0 Å². The van der Waals surface area contributed by atoms with Gasteiger partial charge in [0.15, 0.2) is 5.96 Å². The monoisotopic (exact) mass is 401 g/mol. The van der Waals surface area contributed by atoms with Crippen molar-refractivity contribution >= 4 is 11.9 Å². The Hall–Kier alpha value is -2.84. The van der Waals surface area contributed by atoms with Gasteiger partial charge in [-0.2, -0.15) is 0 Å². The van der Waals surface area contributed by atoms with E-state index in [1.54, 1.807) is 18.2 Å². The fourth-order valence-corrected chi connectivity index (χ4v) is 2.93. The smallest absolute Gasteiger partial charge is 0.258 e. The van der Waals surface area contributed by atoms with Crippen molar-refractivity contribution in [2.24, 2.45) is 10.9 Å². The average Bonchev–Trinajstić information content (AvgIpc) is 3.15. The van der Waals surface area contributed by atoms with Crippen LogP contribution in [0.15, 0.2) is 53.5 Å². The molecule has 1 aliphatic heterocycles. The minimum Gasteiger partial charge on any atom is -0.339 e. The highest BCUT2D eigenvalue weighted by Crippen LogP contribution is 2.21. The van der Waals surface area contributed by atoms with Gasteiger partial charge >= 0.3 is 0 Å². The predicted molar refractivity (Wildman–Crippen MR) is 108 cm³/mol. The first-order valence-electron chi connectivity index (χ1n) is 9.55.